The molecule has 0 saturated carbocycles. The molecule has 10 aromatic rings. The predicted molar refractivity (Wildman–Crippen MR) is 251 cm³/mol. The van der Waals surface area contributed by atoms with Gasteiger partial charge in [-0.2, -0.15) is 0 Å². The lowest BCUT2D eigenvalue weighted by molar-refractivity contribution is 0.488. The van der Waals surface area contributed by atoms with Crippen molar-refractivity contribution in [2.45, 2.75) is 0 Å². The van der Waals surface area contributed by atoms with Crippen molar-refractivity contribution in [1.82, 2.24) is 0 Å². The fraction of sp³-hybridized carbons (Fsp3) is 0. The van der Waals surface area contributed by atoms with E-state index in [1.165, 1.54) is 38.8 Å². The van der Waals surface area contributed by atoms with Crippen molar-refractivity contribution in [2.24, 2.45) is 0 Å². The zero-order valence-corrected chi connectivity index (χ0v) is 32.9. The molecule has 0 aromatic heterocycles. The highest BCUT2D eigenvalue weighted by Gasteiger charge is 2.27. The summed E-state index contributed by atoms with van der Waals surface area (Å²) in [7, 11) is 0. The molecule has 10 aromatic carbocycles. The second-order valence-corrected chi connectivity index (χ2v) is 15.3. The van der Waals surface area contributed by atoms with E-state index in [4.69, 9.17) is 4.74 Å². The van der Waals surface area contributed by atoms with Gasteiger partial charge in [-0.15, -0.1) is 0 Å². The molecule has 0 radical (unpaired) electrons. The lowest BCUT2D eigenvalue weighted by Gasteiger charge is -2.27. The fourth-order valence-corrected chi connectivity index (χ4v) is 8.78. The lowest BCUT2D eigenvalue weighted by Crippen LogP contribution is -2.10. The summed E-state index contributed by atoms with van der Waals surface area (Å²) in [4.78, 5) is 2.36. The number of anilines is 3. The lowest BCUT2D eigenvalue weighted by atomic mass is 9.84. The van der Waals surface area contributed by atoms with E-state index in [0.29, 0.717) is 0 Å². The second kappa shape index (κ2) is 15.1. The van der Waals surface area contributed by atoms with Gasteiger partial charge >= 0.3 is 0 Å². The van der Waals surface area contributed by atoms with Crippen molar-refractivity contribution in [2.75, 3.05) is 4.90 Å². The minimum atomic E-state index is 0.835. The van der Waals surface area contributed by atoms with E-state index in [0.717, 1.165) is 67.3 Å². The van der Waals surface area contributed by atoms with Crippen molar-refractivity contribution in [3.63, 3.8) is 0 Å². The molecule has 0 amide bonds. The van der Waals surface area contributed by atoms with Gasteiger partial charge in [-0.05, 0) is 115 Å². The molecule has 282 valence electrons. The summed E-state index contributed by atoms with van der Waals surface area (Å²) in [6.07, 6.45) is 0. The van der Waals surface area contributed by atoms with Crippen LogP contribution in [0.3, 0.4) is 0 Å². The zero-order valence-electron chi connectivity index (χ0n) is 32.9. The molecule has 1 aliphatic rings. The Labute approximate surface area is 350 Å². The Balaban J connectivity index is 1.09. The summed E-state index contributed by atoms with van der Waals surface area (Å²) in [5.74, 6) is 1.69. The highest BCUT2D eigenvalue weighted by atomic mass is 16.5. The largest absolute Gasteiger partial charge is 0.456 e. The highest BCUT2D eigenvalue weighted by Crippen LogP contribution is 2.54. The van der Waals surface area contributed by atoms with Crippen molar-refractivity contribution in [3.05, 3.63) is 237 Å². The van der Waals surface area contributed by atoms with Crippen molar-refractivity contribution < 1.29 is 4.74 Å². The van der Waals surface area contributed by atoms with Crippen LogP contribution >= 0.6 is 0 Å². The molecule has 0 bridgehead atoms. The third-order valence-electron chi connectivity index (χ3n) is 11.7. The van der Waals surface area contributed by atoms with Gasteiger partial charge in [0.05, 0.1) is 0 Å². The molecule has 1 heterocycles. The van der Waals surface area contributed by atoms with E-state index in [1.54, 1.807) is 0 Å². The molecule has 2 nitrogen and oxygen atoms in total. The van der Waals surface area contributed by atoms with E-state index in [2.05, 4.69) is 241 Å². The summed E-state index contributed by atoms with van der Waals surface area (Å²) in [6.45, 7) is 0. The average Bonchev–Trinajstić information content (AvgIpc) is 3.46. The van der Waals surface area contributed by atoms with E-state index < -0.39 is 0 Å². The van der Waals surface area contributed by atoms with Crippen LogP contribution in [0.15, 0.2) is 237 Å². The van der Waals surface area contributed by atoms with Crippen LogP contribution in [0.2, 0.25) is 0 Å². The minimum absolute atomic E-state index is 0.835. The normalized spacial score (nSPS) is 11.5. The SMILES string of the molecule is c1ccc(-c2ccc(N(c3ccc(-c4ccccc4)cc3)c3cccc(-c4cccc5c4-c4c(-c6ccccc6)cccc4-c4cc6ccccc6cc4O5)c3)cc2)cc1. The number of hydrogen-bond donors (Lipinski definition) is 0. The first-order valence-corrected chi connectivity index (χ1v) is 20.5. The van der Waals surface area contributed by atoms with Crippen LogP contribution in [-0.4, -0.2) is 0 Å². The first-order chi connectivity index (χ1) is 29.7. The maximum Gasteiger partial charge on any atom is 0.135 e. The summed E-state index contributed by atoms with van der Waals surface area (Å²) >= 11 is 0. The monoisotopic (exact) mass is 765 g/mol. The van der Waals surface area contributed by atoms with Crippen LogP contribution in [0.25, 0.3) is 77.5 Å². The molecule has 2 heteroatoms. The maximum atomic E-state index is 7.05. The van der Waals surface area contributed by atoms with Crippen LogP contribution in [0.5, 0.6) is 11.5 Å². The van der Waals surface area contributed by atoms with Crippen molar-refractivity contribution in [1.29, 1.82) is 0 Å². The van der Waals surface area contributed by atoms with Gasteiger partial charge in [0.1, 0.15) is 11.5 Å². The number of nitrogens with zero attached hydrogens (tertiary/aromatic N) is 1. The van der Waals surface area contributed by atoms with Crippen LogP contribution in [0, 0.1) is 0 Å². The molecule has 0 unspecified atom stereocenters. The molecule has 60 heavy (non-hydrogen) atoms. The molecular weight excluding hydrogens is 727 g/mol. The topological polar surface area (TPSA) is 12.5 Å². The number of ether oxygens (including phenoxy) is 1. The van der Waals surface area contributed by atoms with Gasteiger partial charge in [-0.3, -0.25) is 0 Å². The summed E-state index contributed by atoms with van der Waals surface area (Å²) in [5.41, 5.74) is 17.0. The number of fused-ring (bicyclic) bond motifs is 6. The fourth-order valence-electron chi connectivity index (χ4n) is 8.78. The Morgan fingerprint density at radius 3 is 1.33 bits per heavy atom. The standard InChI is InChI=1S/C58H39NO/c1-4-15-40(16-5-1)42-29-33-48(34-30-42)59(49-35-31-43(32-36-49)41-17-6-2-7-18-41)50-24-12-23-47(37-50)52-26-14-28-55-58(52)57-51(44-19-8-3-9-20-44)25-13-27-53(57)54-38-45-21-10-11-22-46(45)39-56(54)60-55/h1-39H. The van der Waals surface area contributed by atoms with E-state index in [1.807, 2.05) is 0 Å². The Morgan fingerprint density at radius 2 is 0.717 bits per heavy atom. The molecule has 0 fully saturated rings. The van der Waals surface area contributed by atoms with Crippen molar-refractivity contribution >= 4 is 27.8 Å². The van der Waals surface area contributed by atoms with Crippen LogP contribution in [0.1, 0.15) is 0 Å². The Kier molecular flexibility index (Phi) is 8.87. The number of hydrogen-bond acceptors (Lipinski definition) is 2. The van der Waals surface area contributed by atoms with Gasteiger partial charge in [-0.1, -0.05) is 182 Å². The summed E-state index contributed by atoms with van der Waals surface area (Å²) < 4.78 is 7.05. The van der Waals surface area contributed by atoms with Gasteiger partial charge in [0.25, 0.3) is 0 Å². The average molecular weight is 766 g/mol. The smallest absolute Gasteiger partial charge is 0.135 e. The van der Waals surface area contributed by atoms with Crippen LogP contribution in [0.4, 0.5) is 17.1 Å². The first kappa shape index (κ1) is 35.2. The highest BCUT2D eigenvalue weighted by molar-refractivity contribution is 6.05. The van der Waals surface area contributed by atoms with E-state index >= 15 is 0 Å². The Bertz CT molecular complexity index is 3050. The third-order valence-corrected chi connectivity index (χ3v) is 11.7. The molecule has 0 atom stereocenters. The van der Waals surface area contributed by atoms with Gasteiger partial charge in [-0.25, -0.2) is 0 Å². The third kappa shape index (κ3) is 6.41. The zero-order chi connectivity index (χ0) is 39.8. The maximum absolute atomic E-state index is 7.05. The molecular formula is C58H39NO. The molecule has 11 rings (SSSR count). The molecule has 0 spiro atoms. The van der Waals surface area contributed by atoms with Gasteiger partial charge < -0.3 is 9.64 Å². The number of benzene rings is 10. The van der Waals surface area contributed by atoms with Gasteiger partial charge in [0.2, 0.25) is 0 Å². The quantitative estimate of drug-likeness (QED) is 0.160. The molecule has 0 N–H and O–H groups in total. The predicted octanol–water partition coefficient (Wildman–Crippen LogP) is 16.4. The van der Waals surface area contributed by atoms with Crippen molar-refractivity contribution in [3.8, 4) is 78.3 Å². The van der Waals surface area contributed by atoms with Crippen LogP contribution < -0.4 is 9.64 Å². The Hall–Kier alpha value is -7.94. The molecule has 0 aliphatic carbocycles. The minimum Gasteiger partial charge on any atom is -0.456 e. The van der Waals surface area contributed by atoms with Gasteiger partial charge in [0, 0.05) is 33.8 Å². The van der Waals surface area contributed by atoms with E-state index in [-0.39, 0.29) is 0 Å². The Morgan fingerprint density at radius 1 is 0.250 bits per heavy atom. The molecule has 0 saturated heterocycles. The van der Waals surface area contributed by atoms with Gasteiger partial charge in [0.15, 0.2) is 0 Å². The second-order valence-electron chi connectivity index (χ2n) is 15.3. The summed E-state index contributed by atoms with van der Waals surface area (Å²) in [5, 5.41) is 2.33. The number of rotatable bonds is 7. The van der Waals surface area contributed by atoms with E-state index in [9.17, 15) is 0 Å². The summed E-state index contributed by atoms with van der Waals surface area (Å²) in [6, 6.07) is 84.7. The first-order valence-electron chi connectivity index (χ1n) is 20.5. The molecule has 1 aliphatic heterocycles. The van der Waals surface area contributed by atoms with Crippen LogP contribution in [-0.2, 0) is 0 Å².